The summed E-state index contributed by atoms with van der Waals surface area (Å²) in [6.07, 6.45) is 0.304. The van der Waals surface area contributed by atoms with Crippen LogP contribution < -0.4 is 14.7 Å². The molecule has 1 atom stereocenters. The van der Waals surface area contributed by atoms with Crippen LogP contribution >= 0.6 is 0 Å². The molecular formula is C16H23N3O3+2. The predicted octanol–water partition coefficient (Wildman–Crippen LogP) is -2.91. The second-order valence-corrected chi connectivity index (χ2v) is 6.04. The van der Waals surface area contributed by atoms with Crippen molar-refractivity contribution >= 4 is 17.5 Å². The maximum Gasteiger partial charge on any atom is 0.292 e. The molecule has 2 saturated heterocycles. The molecule has 3 N–H and O–H groups in total. The molecule has 0 radical (unpaired) electrons. The molecule has 0 saturated carbocycles. The third-order valence-electron chi connectivity index (χ3n) is 4.72. The molecule has 0 spiro atoms. The Balaban J connectivity index is 1.67. The summed E-state index contributed by atoms with van der Waals surface area (Å²) in [6.45, 7) is 4.61. The lowest BCUT2D eigenvalue weighted by Crippen LogP contribution is -3.30. The molecule has 0 unspecified atom stereocenters. The highest BCUT2D eigenvalue weighted by Gasteiger charge is 2.46. The number of anilines is 1. The van der Waals surface area contributed by atoms with Crippen LogP contribution in [0.1, 0.15) is 6.42 Å². The highest BCUT2D eigenvalue weighted by Crippen LogP contribution is 2.21. The van der Waals surface area contributed by atoms with Crippen LogP contribution in [0.5, 0.6) is 0 Å². The summed E-state index contributed by atoms with van der Waals surface area (Å²) in [5, 5.41) is 9.00. The fourth-order valence-corrected chi connectivity index (χ4v) is 3.48. The Morgan fingerprint density at radius 1 is 1.09 bits per heavy atom. The maximum absolute atomic E-state index is 12.7. The summed E-state index contributed by atoms with van der Waals surface area (Å²) >= 11 is 0. The second-order valence-electron chi connectivity index (χ2n) is 6.04. The summed E-state index contributed by atoms with van der Waals surface area (Å²) in [5.41, 5.74) is 0.670. The van der Waals surface area contributed by atoms with Crippen LogP contribution in [0.25, 0.3) is 0 Å². The number of aliphatic hydroxyl groups excluding tert-OH is 1. The van der Waals surface area contributed by atoms with E-state index >= 15 is 0 Å². The average molecular weight is 305 g/mol. The van der Waals surface area contributed by atoms with E-state index in [1.807, 2.05) is 18.2 Å². The van der Waals surface area contributed by atoms with Gasteiger partial charge in [-0.1, -0.05) is 18.2 Å². The normalized spacial score (nSPS) is 29.1. The molecule has 118 valence electrons. The summed E-state index contributed by atoms with van der Waals surface area (Å²) < 4.78 is 0. The van der Waals surface area contributed by atoms with Gasteiger partial charge in [0.15, 0.2) is 6.04 Å². The van der Waals surface area contributed by atoms with Crippen LogP contribution in [-0.2, 0) is 9.59 Å². The fraction of sp³-hybridized carbons (Fsp3) is 0.500. The number of benzene rings is 1. The number of amides is 2. The number of rotatable bonds is 4. The Morgan fingerprint density at radius 3 is 2.41 bits per heavy atom. The van der Waals surface area contributed by atoms with E-state index in [0.29, 0.717) is 12.1 Å². The van der Waals surface area contributed by atoms with E-state index in [-0.39, 0.29) is 24.5 Å². The molecule has 22 heavy (non-hydrogen) atoms. The minimum absolute atomic E-state index is 0.0724. The zero-order valence-electron chi connectivity index (χ0n) is 12.6. The zero-order valence-corrected chi connectivity index (χ0v) is 12.6. The molecule has 0 aromatic heterocycles. The van der Waals surface area contributed by atoms with E-state index in [1.165, 1.54) is 14.7 Å². The predicted molar refractivity (Wildman–Crippen MR) is 80.7 cm³/mol. The minimum Gasteiger partial charge on any atom is -0.391 e. The van der Waals surface area contributed by atoms with Gasteiger partial charge in [-0.25, -0.2) is 4.90 Å². The number of hydrogen-bond donors (Lipinski definition) is 3. The Bertz CT molecular complexity index is 541. The maximum atomic E-state index is 12.7. The van der Waals surface area contributed by atoms with Crippen molar-refractivity contribution in [1.82, 2.24) is 0 Å². The van der Waals surface area contributed by atoms with Gasteiger partial charge in [0.05, 0.1) is 18.7 Å². The third kappa shape index (κ3) is 2.90. The SMILES string of the molecule is O=C1C[C@@H]([NH+]2CC[NH+](CCO)CC2)C(=O)N1c1ccccc1. The number of piperazine rings is 1. The summed E-state index contributed by atoms with van der Waals surface area (Å²) in [7, 11) is 0. The van der Waals surface area contributed by atoms with Crippen LogP contribution in [0, 0.1) is 0 Å². The van der Waals surface area contributed by atoms with Crippen molar-refractivity contribution < 1.29 is 24.5 Å². The van der Waals surface area contributed by atoms with Gasteiger partial charge in [-0.05, 0) is 12.1 Å². The van der Waals surface area contributed by atoms with Gasteiger partial charge in [0.1, 0.15) is 32.7 Å². The van der Waals surface area contributed by atoms with E-state index in [1.54, 1.807) is 12.1 Å². The number of quaternary nitrogens is 2. The largest absolute Gasteiger partial charge is 0.391 e. The van der Waals surface area contributed by atoms with Crippen LogP contribution in [0.4, 0.5) is 5.69 Å². The highest BCUT2D eigenvalue weighted by molar-refractivity contribution is 6.21. The number of aliphatic hydroxyl groups is 1. The number of nitrogens with zero attached hydrogens (tertiary/aromatic N) is 1. The van der Waals surface area contributed by atoms with Crippen molar-refractivity contribution in [2.45, 2.75) is 12.5 Å². The van der Waals surface area contributed by atoms with Gasteiger partial charge < -0.3 is 14.9 Å². The van der Waals surface area contributed by atoms with Crippen molar-refractivity contribution in [2.75, 3.05) is 44.2 Å². The number of nitrogens with one attached hydrogen (secondary N) is 2. The summed E-state index contributed by atoms with van der Waals surface area (Å²) in [6, 6.07) is 8.91. The topological polar surface area (TPSA) is 66.5 Å². The van der Waals surface area contributed by atoms with Crippen molar-refractivity contribution in [2.24, 2.45) is 0 Å². The molecule has 0 bridgehead atoms. The van der Waals surface area contributed by atoms with Gasteiger partial charge >= 0.3 is 0 Å². The monoisotopic (exact) mass is 305 g/mol. The van der Waals surface area contributed by atoms with Gasteiger partial charge in [0, 0.05) is 0 Å². The molecule has 6 nitrogen and oxygen atoms in total. The molecule has 2 fully saturated rings. The molecule has 2 aliphatic heterocycles. The van der Waals surface area contributed by atoms with E-state index in [9.17, 15) is 9.59 Å². The van der Waals surface area contributed by atoms with Crippen molar-refractivity contribution in [3.63, 3.8) is 0 Å². The smallest absolute Gasteiger partial charge is 0.292 e. The highest BCUT2D eigenvalue weighted by atomic mass is 16.3. The quantitative estimate of drug-likeness (QED) is 0.523. The Morgan fingerprint density at radius 2 is 1.77 bits per heavy atom. The van der Waals surface area contributed by atoms with Crippen LogP contribution in [0.15, 0.2) is 30.3 Å². The van der Waals surface area contributed by atoms with E-state index < -0.39 is 0 Å². The first-order valence-electron chi connectivity index (χ1n) is 7.91. The van der Waals surface area contributed by atoms with Crippen LogP contribution in [0.3, 0.4) is 0 Å². The number of para-hydroxylation sites is 1. The van der Waals surface area contributed by atoms with E-state index in [2.05, 4.69) is 0 Å². The Labute approximate surface area is 129 Å². The zero-order chi connectivity index (χ0) is 15.5. The van der Waals surface area contributed by atoms with Gasteiger partial charge in [0.25, 0.3) is 5.91 Å². The second kappa shape index (κ2) is 6.56. The molecule has 1 aromatic rings. The lowest BCUT2D eigenvalue weighted by molar-refractivity contribution is -1.02. The lowest BCUT2D eigenvalue weighted by Gasteiger charge is -2.31. The number of carbonyl (C=O) groups excluding carboxylic acids is 2. The number of carbonyl (C=O) groups is 2. The Hall–Kier alpha value is -1.76. The fourth-order valence-electron chi connectivity index (χ4n) is 3.48. The minimum atomic E-state index is -0.247. The first-order chi connectivity index (χ1) is 10.7. The molecule has 2 heterocycles. The van der Waals surface area contributed by atoms with Gasteiger partial charge in [-0.15, -0.1) is 0 Å². The standard InChI is InChI=1S/C16H21N3O3/c20-11-10-17-6-8-18(9-7-17)14-12-15(21)19(16(14)22)13-4-2-1-3-5-13/h1-5,14,20H,6-12H2/p+2/t14-/m1/s1. The first kappa shape index (κ1) is 15.1. The number of hydrogen-bond acceptors (Lipinski definition) is 3. The molecule has 6 heteroatoms. The molecule has 3 rings (SSSR count). The lowest BCUT2D eigenvalue weighted by atomic mass is 10.1. The molecule has 2 aliphatic rings. The number of imide groups is 1. The van der Waals surface area contributed by atoms with Gasteiger partial charge in [-0.2, -0.15) is 0 Å². The summed E-state index contributed by atoms with van der Waals surface area (Å²) in [5.74, 6) is -0.171. The Kier molecular flexibility index (Phi) is 4.52. The first-order valence-corrected chi connectivity index (χ1v) is 7.91. The van der Waals surface area contributed by atoms with Crippen LogP contribution in [-0.4, -0.2) is 62.3 Å². The van der Waals surface area contributed by atoms with E-state index in [0.717, 1.165) is 32.7 Å². The van der Waals surface area contributed by atoms with Crippen molar-refractivity contribution in [3.05, 3.63) is 30.3 Å². The van der Waals surface area contributed by atoms with Crippen molar-refractivity contribution in [1.29, 1.82) is 0 Å². The molecule has 0 aliphatic carbocycles. The van der Waals surface area contributed by atoms with Gasteiger partial charge in [-0.3, -0.25) is 9.59 Å². The third-order valence-corrected chi connectivity index (χ3v) is 4.72. The van der Waals surface area contributed by atoms with Crippen molar-refractivity contribution in [3.8, 4) is 0 Å². The van der Waals surface area contributed by atoms with Gasteiger partial charge in [0.2, 0.25) is 5.91 Å². The van der Waals surface area contributed by atoms with E-state index in [4.69, 9.17) is 5.11 Å². The van der Waals surface area contributed by atoms with Crippen LogP contribution in [0.2, 0.25) is 0 Å². The molecule has 1 aromatic carbocycles. The molecular weight excluding hydrogens is 282 g/mol. The summed E-state index contributed by atoms with van der Waals surface area (Å²) in [4.78, 5) is 28.8. The average Bonchev–Trinajstić information content (AvgIpc) is 2.84. The molecule has 2 amide bonds.